The van der Waals surface area contributed by atoms with E-state index in [1.165, 1.54) is 0 Å². The van der Waals surface area contributed by atoms with Gasteiger partial charge in [-0.25, -0.2) is 4.98 Å². The molecule has 3 heterocycles. The lowest BCUT2D eigenvalue weighted by Crippen LogP contribution is -2.43. The summed E-state index contributed by atoms with van der Waals surface area (Å²) in [5, 5.41) is 7.68. The highest BCUT2D eigenvalue weighted by molar-refractivity contribution is 5.96. The van der Waals surface area contributed by atoms with Gasteiger partial charge in [-0.3, -0.25) is 9.48 Å². The van der Waals surface area contributed by atoms with E-state index < -0.39 is 0 Å². The summed E-state index contributed by atoms with van der Waals surface area (Å²) in [6.07, 6.45) is 4.51. The Labute approximate surface area is 212 Å². The summed E-state index contributed by atoms with van der Waals surface area (Å²) < 4.78 is 7.97. The molecule has 1 aliphatic rings. The second-order valence-electron chi connectivity index (χ2n) is 9.65. The number of amides is 1. The topological polar surface area (TPSA) is 72.3 Å². The third-order valence-electron chi connectivity index (χ3n) is 7.02. The summed E-state index contributed by atoms with van der Waals surface area (Å²) in [7, 11) is 4.04. The van der Waals surface area contributed by atoms with Crippen LogP contribution in [0, 0.1) is 6.92 Å². The molecule has 7 nitrogen and oxygen atoms in total. The van der Waals surface area contributed by atoms with E-state index in [1.807, 2.05) is 55.1 Å². The van der Waals surface area contributed by atoms with E-state index >= 15 is 0 Å². The summed E-state index contributed by atoms with van der Waals surface area (Å²) in [6.45, 7) is 6.09. The van der Waals surface area contributed by atoms with E-state index in [0.717, 1.165) is 77.1 Å². The Bertz CT molecular complexity index is 1400. The summed E-state index contributed by atoms with van der Waals surface area (Å²) in [6, 6.07) is 16.3. The maximum absolute atomic E-state index is 13.0. The molecule has 0 radical (unpaired) electrons. The Hall–Kier alpha value is -3.71. The van der Waals surface area contributed by atoms with Gasteiger partial charge in [0, 0.05) is 24.7 Å². The Morgan fingerprint density at radius 1 is 1.06 bits per heavy atom. The molecular weight excluding hydrogens is 450 g/mol. The van der Waals surface area contributed by atoms with Crippen molar-refractivity contribution in [2.24, 2.45) is 7.05 Å². The lowest BCUT2D eigenvalue weighted by Gasteiger charge is -2.29. The highest BCUT2D eigenvalue weighted by Gasteiger charge is 2.20. The highest BCUT2D eigenvalue weighted by Crippen LogP contribution is 2.30. The number of nitrogens with zero attached hydrogens (tertiary/aromatic N) is 4. The Kier molecular flexibility index (Phi) is 6.74. The molecule has 4 aromatic rings. The number of hydrogen-bond donors (Lipinski definition) is 1. The number of rotatable bonds is 6. The third-order valence-corrected chi connectivity index (χ3v) is 7.02. The average molecular weight is 484 g/mol. The number of carbonyl (C=O) groups is 1. The number of pyridine rings is 1. The van der Waals surface area contributed by atoms with Crippen LogP contribution in [0.2, 0.25) is 0 Å². The minimum Gasteiger partial charge on any atom is -0.456 e. The number of ether oxygens (including phenoxy) is 1. The average Bonchev–Trinajstić information content (AvgIpc) is 3.17. The molecule has 0 saturated carbocycles. The Morgan fingerprint density at radius 3 is 2.61 bits per heavy atom. The van der Waals surface area contributed by atoms with Gasteiger partial charge in [-0.1, -0.05) is 31.2 Å². The van der Waals surface area contributed by atoms with Gasteiger partial charge in [0.2, 0.25) is 0 Å². The monoisotopic (exact) mass is 483 g/mol. The van der Waals surface area contributed by atoms with Crippen molar-refractivity contribution in [3.63, 3.8) is 0 Å². The molecule has 2 aromatic heterocycles. The number of benzene rings is 2. The zero-order valence-electron chi connectivity index (χ0n) is 21.4. The van der Waals surface area contributed by atoms with Crippen molar-refractivity contribution in [1.29, 1.82) is 0 Å². The van der Waals surface area contributed by atoms with Gasteiger partial charge in [-0.05, 0) is 81.2 Å². The van der Waals surface area contributed by atoms with Crippen LogP contribution in [0.3, 0.4) is 0 Å². The molecular formula is C29H33N5O2. The number of carbonyl (C=O) groups excluding carboxylic acids is 1. The van der Waals surface area contributed by atoms with Crippen molar-refractivity contribution in [3.8, 4) is 22.6 Å². The SMILES string of the molecule is CCc1cc(-c2cccc(Oc3cnc4c(C)nn(C)c4c3)c2)ccc1C(=O)NC1CCN(C)CC1. The van der Waals surface area contributed by atoms with Crippen LogP contribution < -0.4 is 10.1 Å². The van der Waals surface area contributed by atoms with Crippen LogP contribution in [0.25, 0.3) is 22.2 Å². The lowest BCUT2D eigenvalue weighted by molar-refractivity contribution is 0.0916. The molecule has 36 heavy (non-hydrogen) atoms. The van der Waals surface area contributed by atoms with Gasteiger partial charge in [0.05, 0.1) is 17.4 Å². The van der Waals surface area contributed by atoms with Crippen molar-refractivity contribution in [2.45, 2.75) is 39.2 Å². The van der Waals surface area contributed by atoms with Crippen molar-refractivity contribution in [3.05, 3.63) is 71.5 Å². The molecule has 1 saturated heterocycles. The predicted molar refractivity (Wildman–Crippen MR) is 143 cm³/mol. The number of likely N-dealkylation sites (tertiary alicyclic amines) is 1. The van der Waals surface area contributed by atoms with Crippen molar-refractivity contribution in [1.82, 2.24) is 25.0 Å². The van der Waals surface area contributed by atoms with Gasteiger partial charge in [-0.2, -0.15) is 5.10 Å². The van der Waals surface area contributed by atoms with Crippen LogP contribution in [-0.4, -0.2) is 51.8 Å². The van der Waals surface area contributed by atoms with Crippen LogP contribution in [-0.2, 0) is 13.5 Å². The number of aryl methyl sites for hydroxylation is 3. The first-order chi connectivity index (χ1) is 17.4. The van der Waals surface area contributed by atoms with Crippen molar-refractivity contribution < 1.29 is 9.53 Å². The standard InChI is InChI=1S/C29H33N5O2/c1-5-20-15-22(9-10-26(20)29(35)31-23-11-13-33(3)14-12-23)21-7-6-8-24(16-21)36-25-17-27-28(30-18-25)19(2)32-34(27)4/h6-10,15-18,23H,5,11-14H2,1-4H3,(H,31,35). The molecule has 1 amide bonds. The van der Waals surface area contributed by atoms with Crippen molar-refractivity contribution in [2.75, 3.05) is 20.1 Å². The van der Waals surface area contributed by atoms with E-state index in [0.29, 0.717) is 5.75 Å². The van der Waals surface area contributed by atoms with Crippen LogP contribution >= 0.6 is 0 Å². The minimum atomic E-state index is 0.0262. The van der Waals surface area contributed by atoms with Gasteiger partial charge >= 0.3 is 0 Å². The number of fused-ring (bicyclic) bond motifs is 1. The maximum Gasteiger partial charge on any atom is 0.251 e. The number of aromatic nitrogens is 3. The second-order valence-corrected chi connectivity index (χ2v) is 9.65. The molecule has 1 aliphatic heterocycles. The Balaban J connectivity index is 1.34. The smallest absolute Gasteiger partial charge is 0.251 e. The minimum absolute atomic E-state index is 0.0262. The summed E-state index contributed by atoms with van der Waals surface area (Å²) in [5.41, 5.74) is 6.62. The second kappa shape index (κ2) is 10.1. The quantitative estimate of drug-likeness (QED) is 0.412. The van der Waals surface area contributed by atoms with Crippen molar-refractivity contribution >= 4 is 16.9 Å². The van der Waals surface area contributed by atoms with Crippen LogP contribution in [0.1, 0.15) is 41.4 Å². The van der Waals surface area contributed by atoms with Gasteiger partial charge in [0.15, 0.2) is 0 Å². The van der Waals surface area contributed by atoms with Gasteiger partial charge in [0.1, 0.15) is 17.0 Å². The summed E-state index contributed by atoms with van der Waals surface area (Å²) >= 11 is 0. The lowest BCUT2D eigenvalue weighted by atomic mass is 9.96. The molecule has 186 valence electrons. The largest absolute Gasteiger partial charge is 0.456 e. The third kappa shape index (κ3) is 4.97. The zero-order valence-corrected chi connectivity index (χ0v) is 21.4. The fraction of sp³-hybridized carbons (Fsp3) is 0.345. The van der Waals surface area contributed by atoms with Crippen LogP contribution in [0.4, 0.5) is 0 Å². The molecule has 1 N–H and O–H groups in total. The molecule has 0 bridgehead atoms. The first-order valence-corrected chi connectivity index (χ1v) is 12.6. The fourth-order valence-corrected chi connectivity index (χ4v) is 4.92. The first kappa shape index (κ1) is 24.0. The van der Waals surface area contributed by atoms with E-state index in [1.54, 1.807) is 6.20 Å². The Morgan fingerprint density at radius 2 is 1.83 bits per heavy atom. The maximum atomic E-state index is 13.0. The molecule has 5 rings (SSSR count). The van der Waals surface area contributed by atoms with E-state index in [9.17, 15) is 4.79 Å². The van der Waals surface area contributed by atoms with Gasteiger partial charge in [-0.15, -0.1) is 0 Å². The number of piperidine rings is 1. The van der Waals surface area contributed by atoms with E-state index in [2.05, 4.69) is 46.4 Å². The fourth-order valence-electron chi connectivity index (χ4n) is 4.92. The van der Waals surface area contributed by atoms with E-state index in [4.69, 9.17) is 4.74 Å². The van der Waals surface area contributed by atoms with Gasteiger partial charge < -0.3 is 15.0 Å². The summed E-state index contributed by atoms with van der Waals surface area (Å²) in [4.78, 5) is 19.9. The molecule has 7 heteroatoms. The highest BCUT2D eigenvalue weighted by atomic mass is 16.5. The molecule has 0 spiro atoms. The zero-order chi connectivity index (χ0) is 25.2. The first-order valence-electron chi connectivity index (χ1n) is 12.6. The van der Waals surface area contributed by atoms with E-state index in [-0.39, 0.29) is 11.9 Å². The summed E-state index contributed by atoms with van der Waals surface area (Å²) in [5.74, 6) is 1.42. The number of hydrogen-bond acceptors (Lipinski definition) is 5. The molecule has 2 aromatic carbocycles. The predicted octanol–water partition coefficient (Wildman–Crippen LogP) is 5.12. The van der Waals surface area contributed by atoms with Gasteiger partial charge in [0.25, 0.3) is 5.91 Å². The molecule has 0 aliphatic carbocycles. The van der Waals surface area contributed by atoms with Crippen LogP contribution in [0.5, 0.6) is 11.5 Å². The normalized spacial score (nSPS) is 14.8. The molecule has 0 atom stereocenters. The number of nitrogens with one attached hydrogen (secondary N) is 1. The molecule has 1 fully saturated rings. The molecule has 0 unspecified atom stereocenters. The van der Waals surface area contributed by atoms with Crippen LogP contribution in [0.15, 0.2) is 54.7 Å².